The number of epoxide rings is 1. The van der Waals surface area contributed by atoms with Crippen LogP contribution in [0.4, 0.5) is 15.3 Å². The van der Waals surface area contributed by atoms with Crippen molar-refractivity contribution in [3.8, 4) is 11.1 Å². The number of likely N-dealkylation sites (N-methyl/N-ethyl adjacent to an activating group) is 1. The highest BCUT2D eigenvalue weighted by Gasteiger charge is 2.47. The van der Waals surface area contributed by atoms with Crippen molar-refractivity contribution in [2.75, 3.05) is 51.8 Å². The molecule has 3 heterocycles. The van der Waals surface area contributed by atoms with Gasteiger partial charge >= 0.3 is 18.2 Å². The number of carbonyl (C=O) groups excluding carboxylic acids is 5. The summed E-state index contributed by atoms with van der Waals surface area (Å²) in [5.74, 6) is -2.36. The molecule has 0 saturated carbocycles. The van der Waals surface area contributed by atoms with Gasteiger partial charge < -0.3 is 59.4 Å². The molecule has 18 heteroatoms. The van der Waals surface area contributed by atoms with Crippen LogP contribution in [0.15, 0.2) is 109 Å². The van der Waals surface area contributed by atoms with Crippen LogP contribution in [-0.4, -0.2) is 161 Å². The fraction of sp³-hybridized carbons (Fsp3) is 0.561. The second-order valence-corrected chi connectivity index (χ2v) is 24.7. The number of piperazine rings is 1. The molecule has 0 spiro atoms. The number of rotatable bonds is 21. The molecule has 0 aromatic heterocycles. The van der Waals surface area contributed by atoms with Gasteiger partial charge in [0.15, 0.2) is 6.10 Å². The third-order valence-corrected chi connectivity index (χ3v) is 17.2. The van der Waals surface area contributed by atoms with Crippen molar-refractivity contribution in [3.05, 3.63) is 125 Å². The van der Waals surface area contributed by atoms with Crippen LogP contribution in [-0.2, 0) is 44.6 Å². The van der Waals surface area contributed by atoms with E-state index in [9.17, 15) is 39.3 Å². The van der Waals surface area contributed by atoms with E-state index in [2.05, 4.69) is 35.1 Å². The van der Waals surface area contributed by atoms with Crippen LogP contribution < -0.4 is 16.0 Å². The quantitative estimate of drug-likeness (QED) is 0.0146. The van der Waals surface area contributed by atoms with E-state index in [4.69, 9.17) is 23.7 Å². The number of fused-ring (bicyclic) bond motifs is 3. The maximum absolute atomic E-state index is 14.1. The number of quaternary nitrogens is 1. The molecule has 84 heavy (non-hydrogen) atoms. The standard InChI is InChI=1S/C66H91N5O13/c1-12-54(73)44(7)60-55(82-60)38-65(9,79)31-18-19-42(5)59-43(6)24-29-56(66(10,81-13-2)32-30-48(72)37-57(74)84-59)83-64(78)70-33-35-71(11,36-34-70)39-46-25-27-47(28-26-46)68-61(75)45(8)67-62(76)58(41(3)4)69-63(77)80-40-53-51-22-16-14-20-49(51)50-21-15-17-23-52(50)53/h14-29,31,41,43-45,48,53-56,58-60,72-73,79H,12-13,30,32-40H2,1-11H3,(H2-,67,68,69,75,76,77)/p+1/b29-24+,31-18+,42-19+/t43-,44?,45?,48+,54?,55+,56-,58?,59+,60+,65?,66+/m0/s1. The number of benzene rings is 3. The summed E-state index contributed by atoms with van der Waals surface area (Å²) in [4.78, 5) is 69.2. The molecule has 4 aliphatic rings. The summed E-state index contributed by atoms with van der Waals surface area (Å²) in [6.07, 6.45) is 5.52. The summed E-state index contributed by atoms with van der Waals surface area (Å²) in [6.45, 7) is 21.5. The molecule has 5 unspecified atom stereocenters. The van der Waals surface area contributed by atoms with E-state index in [1.165, 1.54) is 0 Å². The summed E-state index contributed by atoms with van der Waals surface area (Å²) < 4.78 is 30.9. The number of amides is 4. The Kier molecular flexibility index (Phi) is 22.2. The maximum Gasteiger partial charge on any atom is 0.410 e. The zero-order valence-corrected chi connectivity index (χ0v) is 51.0. The van der Waals surface area contributed by atoms with Crippen LogP contribution >= 0.6 is 0 Å². The minimum atomic E-state index is -1.20. The van der Waals surface area contributed by atoms with E-state index in [1.54, 1.807) is 43.1 Å². The minimum Gasteiger partial charge on any atom is -0.457 e. The smallest absolute Gasteiger partial charge is 0.410 e. The predicted molar refractivity (Wildman–Crippen MR) is 321 cm³/mol. The number of hydrogen-bond acceptors (Lipinski definition) is 13. The summed E-state index contributed by atoms with van der Waals surface area (Å²) in [5, 5.41) is 41.0. The Morgan fingerprint density at radius 2 is 1.57 bits per heavy atom. The molecule has 0 radical (unpaired) electrons. The van der Waals surface area contributed by atoms with Crippen molar-refractivity contribution in [2.24, 2.45) is 17.8 Å². The fourth-order valence-electron chi connectivity index (χ4n) is 11.8. The largest absolute Gasteiger partial charge is 0.457 e. The Morgan fingerprint density at radius 3 is 2.19 bits per heavy atom. The summed E-state index contributed by atoms with van der Waals surface area (Å²) in [6, 6.07) is 21.8. The van der Waals surface area contributed by atoms with E-state index in [0.717, 1.165) is 27.8 Å². The molecule has 6 N–H and O–H groups in total. The average Bonchev–Trinajstić information content (AvgIpc) is 4.19. The topological polar surface area (TPSA) is 235 Å². The van der Waals surface area contributed by atoms with Crippen LogP contribution in [0.2, 0.25) is 0 Å². The lowest BCUT2D eigenvalue weighted by molar-refractivity contribution is -0.926. The van der Waals surface area contributed by atoms with Gasteiger partial charge in [0.2, 0.25) is 11.8 Å². The van der Waals surface area contributed by atoms with Crippen LogP contribution in [0.1, 0.15) is 124 Å². The van der Waals surface area contributed by atoms with Gasteiger partial charge in [0.1, 0.15) is 36.9 Å². The van der Waals surface area contributed by atoms with Crippen molar-refractivity contribution in [1.29, 1.82) is 0 Å². The first kappa shape index (κ1) is 65.1. The number of ether oxygens (including phenoxy) is 5. The number of hydrogen-bond donors (Lipinski definition) is 6. The molecule has 2 saturated heterocycles. The molecule has 458 valence electrons. The second-order valence-electron chi connectivity index (χ2n) is 24.7. The van der Waals surface area contributed by atoms with Gasteiger partial charge in [0.05, 0.1) is 69.7 Å². The number of cyclic esters (lactones) is 1. The Balaban J connectivity index is 0.901. The molecule has 18 nitrogen and oxygen atoms in total. The maximum atomic E-state index is 14.1. The van der Waals surface area contributed by atoms with Crippen LogP contribution in [0.3, 0.4) is 0 Å². The third kappa shape index (κ3) is 17.2. The zero-order chi connectivity index (χ0) is 61.1. The number of allylic oxidation sites excluding steroid dienone is 2. The predicted octanol–water partition coefficient (Wildman–Crippen LogP) is 8.72. The lowest BCUT2D eigenvalue weighted by Gasteiger charge is -2.43. The molecular formula is C66H92N5O13+. The Morgan fingerprint density at radius 1 is 0.929 bits per heavy atom. The van der Waals surface area contributed by atoms with Crippen LogP contribution in [0.25, 0.3) is 11.1 Å². The molecular weight excluding hydrogens is 1070 g/mol. The molecule has 1 aliphatic carbocycles. The summed E-state index contributed by atoms with van der Waals surface area (Å²) >= 11 is 0. The highest BCUT2D eigenvalue weighted by atomic mass is 16.6. The first-order chi connectivity index (χ1) is 39.8. The number of nitrogens with zero attached hydrogens (tertiary/aromatic N) is 2. The molecule has 3 aromatic rings. The van der Waals surface area contributed by atoms with Gasteiger partial charge in [-0.25, -0.2) is 9.59 Å². The van der Waals surface area contributed by atoms with E-state index < -0.39 is 83.6 Å². The number of esters is 1. The Labute approximate surface area is 496 Å². The SMILES string of the molecule is CCO[C@]1(C)CC[C@@H](O)CC(=O)O[C@H](/C(C)=C/C=C/C(C)(O)C[C@H]2O[C@@H]2C(C)C(O)CC)[C@@H](C)/C=C/[C@@H]1OC(=O)N1CC[N+](C)(Cc2ccc(NC(=O)C(C)NC(=O)C(NC(=O)OCC3c4ccccc4-c4ccccc43)C(C)C)cc2)CC1. The third-order valence-electron chi connectivity index (χ3n) is 17.2. The molecule has 0 bridgehead atoms. The Hall–Kier alpha value is -6.41. The molecule has 2 fully saturated rings. The fourth-order valence-corrected chi connectivity index (χ4v) is 11.8. The van der Waals surface area contributed by atoms with E-state index in [0.29, 0.717) is 74.3 Å². The van der Waals surface area contributed by atoms with Crippen molar-refractivity contribution in [3.63, 3.8) is 0 Å². The number of aliphatic hydroxyl groups is 3. The number of aliphatic hydroxyl groups excluding tert-OH is 2. The molecule has 3 aliphatic heterocycles. The average molecular weight is 1160 g/mol. The van der Waals surface area contributed by atoms with Crippen LogP contribution in [0, 0.1) is 17.8 Å². The molecule has 3 aromatic carbocycles. The second kappa shape index (κ2) is 28.7. The van der Waals surface area contributed by atoms with Crippen molar-refractivity contribution < 1.29 is 67.5 Å². The zero-order valence-electron chi connectivity index (χ0n) is 51.0. The van der Waals surface area contributed by atoms with Crippen molar-refractivity contribution in [2.45, 2.75) is 174 Å². The van der Waals surface area contributed by atoms with Gasteiger partial charge in [-0.1, -0.05) is 120 Å². The number of carbonyl (C=O) groups is 5. The highest BCUT2D eigenvalue weighted by Crippen LogP contribution is 2.45. The van der Waals surface area contributed by atoms with Gasteiger partial charge in [-0.05, 0) is 106 Å². The summed E-state index contributed by atoms with van der Waals surface area (Å²) in [5.41, 5.74) is 4.42. The highest BCUT2D eigenvalue weighted by molar-refractivity contribution is 5.98. The number of alkyl carbamates (subject to hydrolysis) is 1. The Bertz CT molecular complexity index is 2800. The number of nitrogens with one attached hydrogen (secondary N) is 3. The number of anilines is 1. The van der Waals surface area contributed by atoms with Crippen LogP contribution in [0.5, 0.6) is 0 Å². The van der Waals surface area contributed by atoms with Gasteiger partial charge in [-0.3, -0.25) is 19.3 Å². The van der Waals surface area contributed by atoms with E-state index in [1.807, 2.05) is 122 Å². The van der Waals surface area contributed by atoms with E-state index >= 15 is 0 Å². The minimum absolute atomic E-state index is 0.0398. The monoisotopic (exact) mass is 1160 g/mol. The lowest BCUT2D eigenvalue weighted by Crippen LogP contribution is -2.58. The molecule has 4 amide bonds. The van der Waals surface area contributed by atoms with Crippen molar-refractivity contribution in [1.82, 2.24) is 15.5 Å². The molecule has 7 rings (SSSR count). The first-order valence-electron chi connectivity index (χ1n) is 30.1. The van der Waals surface area contributed by atoms with Crippen molar-refractivity contribution >= 4 is 35.7 Å². The lowest BCUT2D eigenvalue weighted by atomic mass is 9.88. The van der Waals surface area contributed by atoms with Gasteiger partial charge in [0.25, 0.3) is 0 Å². The van der Waals surface area contributed by atoms with Gasteiger partial charge in [-0.2, -0.15) is 0 Å². The summed E-state index contributed by atoms with van der Waals surface area (Å²) in [7, 11) is 2.14. The van der Waals surface area contributed by atoms with Gasteiger partial charge in [0, 0.05) is 42.0 Å². The van der Waals surface area contributed by atoms with E-state index in [-0.39, 0.29) is 49.4 Å². The first-order valence-corrected chi connectivity index (χ1v) is 30.1. The molecule has 12 atom stereocenters. The van der Waals surface area contributed by atoms with Gasteiger partial charge in [-0.15, -0.1) is 0 Å². The normalized spacial score (nSPS) is 26.2.